The molecule has 0 amide bonds. The van der Waals surface area contributed by atoms with Crippen molar-refractivity contribution in [3.63, 3.8) is 0 Å². The minimum atomic E-state index is -3.15. The Bertz CT molecular complexity index is 588. The normalized spacial score (nSPS) is 12.1. The van der Waals surface area contributed by atoms with Crippen molar-refractivity contribution in [1.29, 1.82) is 0 Å². The molecule has 0 spiro atoms. The molecule has 0 aliphatic carbocycles. The van der Waals surface area contributed by atoms with Crippen LogP contribution in [-0.2, 0) is 9.84 Å². The second kappa shape index (κ2) is 3.18. The van der Waals surface area contributed by atoms with Crippen LogP contribution in [0.15, 0.2) is 22.5 Å². The van der Waals surface area contributed by atoms with Crippen LogP contribution in [0.5, 0.6) is 0 Å². The van der Waals surface area contributed by atoms with Crippen LogP contribution in [0.3, 0.4) is 0 Å². The first-order valence-corrected chi connectivity index (χ1v) is 6.81. The largest absolute Gasteiger partial charge is 0.244 e. The number of nitrogens with zero attached hydrogens (tertiary/aromatic N) is 1. The van der Waals surface area contributed by atoms with Crippen molar-refractivity contribution in [2.45, 2.75) is 4.21 Å². The zero-order valence-corrected chi connectivity index (χ0v) is 9.58. The van der Waals surface area contributed by atoms with Gasteiger partial charge in [0.2, 0.25) is 0 Å². The Kier molecular flexibility index (Phi) is 2.25. The van der Waals surface area contributed by atoms with Crippen molar-refractivity contribution in [2.24, 2.45) is 0 Å². The first kappa shape index (κ1) is 9.89. The molecule has 0 fully saturated rings. The summed E-state index contributed by atoms with van der Waals surface area (Å²) in [7, 11) is -3.15. The lowest BCUT2D eigenvalue weighted by Crippen LogP contribution is -1.91. The highest BCUT2D eigenvalue weighted by Gasteiger charge is 2.13. The molecule has 6 heteroatoms. The van der Waals surface area contributed by atoms with Crippen molar-refractivity contribution in [2.75, 3.05) is 6.26 Å². The van der Waals surface area contributed by atoms with Crippen LogP contribution >= 0.6 is 22.9 Å². The summed E-state index contributed by atoms with van der Waals surface area (Å²) in [5.41, 5.74) is 0. The van der Waals surface area contributed by atoms with Crippen molar-refractivity contribution in [3.8, 4) is 0 Å². The lowest BCUT2D eigenvalue weighted by atomic mass is 10.3. The van der Waals surface area contributed by atoms with Gasteiger partial charge in [0, 0.05) is 22.5 Å². The summed E-state index contributed by atoms with van der Waals surface area (Å²) in [4.78, 5) is 3.88. The van der Waals surface area contributed by atoms with Gasteiger partial charge in [0.15, 0.2) is 9.84 Å². The van der Waals surface area contributed by atoms with Gasteiger partial charge in [0.25, 0.3) is 0 Å². The summed E-state index contributed by atoms with van der Waals surface area (Å²) >= 11 is 7.03. The minimum absolute atomic E-state index is 0.322. The van der Waals surface area contributed by atoms with Gasteiger partial charge < -0.3 is 0 Å². The van der Waals surface area contributed by atoms with E-state index in [2.05, 4.69) is 4.98 Å². The van der Waals surface area contributed by atoms with Crippen LogP contribution in [0, 0.1) is 0 Å². The third-order valence-corrected chi connectivity index (χ3v) is 4.94. The molecule has 0 aliphatic heterocycles. The van der Waals surface area contributed by atoms with E-state index in [1.54, 1.807) is 18.3 Å². The molecular formula is C8H6ClNO2S2. The van der Waals surface area contributed by atoms with Crippen LogP contribution in [-0.4, -0.2) is 19.7 Å². The molecule has 0 bridgehead atoms. The summed E-state index contributed by atoms with van der Waals surface area (Å²) in [5, 5.41) is 1.04. The van der Waals surface area contributed by atoms with Crippen LogP contribution in [0.2, 0.25) is 5.15 Å². The summed E-state index contributed by atoms with van der Waals surface area (Å²) in [6, 6.07) is 3.31. The molecular weight excluding hydrogens is 242 g/mol. The highest BCUT2D eigenvalue weighted by molar-refractivity contribution is 7.92. The van der Waals surface area contributed by atoms with Crippen LogP contribution in [0.4, 0.5) is 0 Å². The maximum absolute atomic E-state index is 11.3. The van der Waals surface area contributed by atoms with Crippen molar-refractivity contribution in [3.05, 3.63) is 23.5 Å². The molecule has 0 unspecified atom stereocenters. The first-order chi connectivity index (χ1) is 6.48. The zero-order valence-electron chi connectivity index (χ0n) is 7.19. The molecule has 3 nitrogen and oxygen atoms in total. The van der Waals surface area contributed by atoms with E-state index in [-0.39, 0.29) is 0 Å². The summed E-state index contributed by atoms with van der Waals surface area (Å²) in [5.74, 6) is 0. The van der Waals surface area contributed by atoms with E-state index >= 15 is 0 Å². The number of rotatable bonds is 1. The van der Waals surface area contributed by atoms with Crippen LogP contribution in [0.1, 0.15) is 0 Å². The smallest absolute Gasteiger partial charge is 0.184 e. The SMILES string of the molecule is CS(=O)(=O)c1cc2c(Cl)nccc2s1. The maximum Gasteiger partial charge on any atom is 0.184 e. The highest BCUT2D eigenvalue weighted by Crippen LogP contribution is 2.31. The number of aromatic nitrogens is 1. The summed E-state index contributed by atoms with van der Waals surface area (Å²) in [6.07, 6.45) is 2.74. The molecule has 0 aromatic carbocycles. The number of hydrogen-bond donors (Lipinski definition) is 0. The first-order valence-electron chi connectivity index (χ1n) is 3.72. The molecule has 2 heterocycles. The van der Waals surface area contributed by atoms with Gasteiger partial charge in [-0.25, -0.2) is 13.4 Å². The fraction of sp³-hybridized carbons (Fsp3) is 0.125. The fourth-order valence-electron chi connectivity index (χ4n) is 1.09. The fourth-order valence-corrected chi connectivity index (χ4v) is 3.35. The van der Waals surface area contributed by atoms with E-state index in [1.165, 1.54) is 17.6 Å². The number of thiophene rings is 1. The molecule has 0 saturated heterocycles. The Morgan fingerprint density at radius 2 is 2.21 bits per heavy atom. The van der Waals surface area contributed by atoms with Crippen LogP contribution < -0.4 is 0 Å². The summed E-state index contributed by atoms with van der Waals surface area (Å²) in [6.45, 7) is 0. The molecule has 0 radical (unpaired) electrons. The van der Waals surface area contributed by atoms with Crippen molar-refractivity contribution in [1.82, 2.24) is 4.98 Å². The van der Waals surface area contributed by atoms with Gasteiger partial charge in [-0.15, -0.1) is 11.3 Å². The van der Waals surface area contributed by atoms with E-state index < -0.39 is 9.84 Å². The van der Waals surface area contributed by atoms with Gasteiger partial charge in [-0.2, -0.15) is 0 Å². The number of sulfone groups is 1. The van der Waals surface area contributed by atoms with E-state index in [0.29, 0.717) is 14.7 Å². The average Bonchev–Trinajstić information content (AvgIpc) is 2.48. The third-order valence-electron chi connectivity index (χ3n) is 1.74. The molecule has 2 rings (SSSR count). The monoisotopic (exact) mass is 247 g/mol. The molecule has 0 atom stereocenters. The summed E-state index contributed by atoms with van der Waals surface area (Å²) < 4.78 is 23.7. The molecule has 2 aromatic rings. The van der Waals surface area contributed by atoms with Gasteiger partial charge in [0.1, 0.15) is 9.36 Å². The Balaban J connectivity index is 2.81. The minimum Gasteiger partial charge on any atom is -0.244 e. The van der Waals surface area contributed by atoms with Gasteiger partial charge >= 0.3 is 0 Å². The predicted molar refractivity (Wildman–Crippen MR) is 57.7 cm³/mol. The zero-order chi connectivity index (χ0) is 10.3. The molecule has 14 heavy (non-hydrogen) atoms. The Morgan fingerprint density at radius 1 is 1.50 bits per heavy atom. The van der Waals surface area contributed by atoms with Gasteiger partial charge in [-0.1, -0.05) is 11.6 Å². The highest BCUT2D eigenvalue weighted by atomic mass is 35.5. The van der Waals surface area contributed by atoms with Crippen molar-refractivity contribution >= 4 is 42.9 Å². The van der Waals surface area contributed by atoms with Crippen LogP contribution in [0.25, 0.3) is 10.1 Å². The standard InChI is InChI=1S/C8H6ClNO2S2/c1-14(11,12)7-4-5-6(13-7)2-3-10-8(5)9/h2-4H,1H3. The molecule has 0 N–H and O–H groups in total. The predicted octanol–water partition coefficient (Wildman–Crippen LogP) is 2.35. The molecule has 0 aliphatic rings. The lowest BCUT2D eigenvalue weighted by molar-refractivity contribution is 0.604. The van der Waals surface area contributed by atoms with E-state index in [9.17, 15) is 8.42 Å². The van der Waals surface area contributed by atoms with Gasteiger partial charge in [0.05, 0.1) is 0 Å². The molecule has 74 valence electrons. The Hall–Kier alpha value is -0.650. The number of hydrogen-bond acceptors (Lipinski definition) is 4. The Labute approximate surface area is 90.3 Å². The maximum atomic E-state index is 11.3. The average molecular weight is 248 g/mol. The van der Waals surface area contributed by atoms with E-state index in [1.807, 2.05) is 0 Å². The number of pyridine rings is 1. The van der Waals surface area contributed by atoms with E-state index in [4.69, 9.17) is 11.6 Å². The lowest BCUT2D eigenvalue weighted by Gasteiger charge is -1.88. The number of fused-ring (bicyclic) bond motifs is 1. The van der Waals surface area contributed by atoms with Gasteiger partial charge in [-0.05, 0) is 12.1 Å². The van der Waals surface area contributed by atoms with E-state index in [0.717, 1.165) is 4.70 Å². The Morgan fingerprint density at radius 3 is 2.79 bits per heavy atom. The second-order valence-electron chi connectivity index (χ2n) is 2.85. The van der Waals surface area contributed by atoms with Gasteiger partial charge in [-0.3, -0.25) is 0 Å². The third kappa shape index (κ3) is 1.63. The quantitative estimate of drug-likeness (QED) is 0.727. The topological polar surface area (TPSA) is 47.0 Å². The number of halogens is 1. The van der Waals surface area contributed by atoms with Crippen molar-refractivity contribution < 1.29 is 8.42 Å². The second-order valence-corrected chi connectivity index (χ2v) is 6.54. The molecule has 2 aromatic heterocycles. The molecule has 0 saturated carbocycles.